The molecule has 0 bridgehead atoms. The normalized spacial score (nSPS) is 11.2. The lowest BCUT2D eigenvalue weighted by Gasteiger charge is -2.16. The van der Waals surface area contributed by atoms with Crippen molar-refractivity contribution in [1.29, 1.82) is 0 Å². The second-order valence-corrected chi connectivity index (χ2v) is 6.52. The molecule has 1 aromatic heterocycles. The lowest BCUT2D eigenvalue weighted by atomic mass is 10.1. The van der Waals surface area contributed by atoms with Crippen LogP contribution in [0, 0.1) is 6.92 Å². The van der Waals surface area contributed by atoms with E-state index in [1.807, 2.05) is 49.4 Å². The van der Waals surface area contributed by atoms with Gasteiger partial charge in [-0.3, -0.25) is 4.79 Å². The van der Waals surface area contributed by atoms with Crippen LogP contribution in [-0.4, -0.2) is 4.57 Å². The van der Waals surface area contributed by atoms with Crippen LogP contribution in [0.4, 0.5) is 0 Å². The summed E-state index contributed by atoms with van der Waals surface area (Å²) in [6, 6.07) is 21.8. The Kier molecular flexibility index (Phi) is 3.62. The lowest BCUT2D eigenvalue weighted by Crippen LogP contribution is -2.12. The van der Waals surface area contributed by atoms with E-state index in [4.69, 9.17) is 11.6 Å². The minimum Gasteiger partial charge on any atom is -0.336 e. The monoisotopic (exact) mass is 333 g/mol. The van der Waals surface area contributed by atoms with E-state index in [9.17, 15) is 4.79 Å². The molecule has 0 N–H and O–H groups in total. The smallest absolute Gasteiger partial charge is 0.197 e. The fraction of sp³-hybridized carbons (Fsp3) is 0.0952. The molecule has 4 rings (SSSR count). The van der Waals surface area contributed by atoms with Crippen LogP contribution < -0.4 is 5.43 Å². The number of halogens is 1. The zero-order valence-electron chi connectivity index (χ0n) is 13.3. The minimum atomic E-state index is 0.0341. The number of fused-ring (bicyclic) bond motifs is 2. The van der Waals surface area contributed by atoms with Crippen LogP contribution >= 0.6 is 11.6 Å². The largest absolute Gasteiger partial charge is 0.336 e. The Bertz CT molecular complexity index is 1110. The first-order chi connectivity index (χ1) is 11.6. The molecular weight excluding hydrogens is 318 g/mol. The third-order valence-corrected chi connectivity index (χ3v) is 4.60. The zero-order valence-corrected chi connectivity index (χ0v) is 14.0. The van der Waals surface area contributed by atoms with Gasteiger partial charge in [-0.15, -0.1) is 0 Å². The molecule has 2 nitrogen and oxygen atoms in total. The van der Waals surface area contributed by atoms with Crippen molar-refractivity contribution < 1.29 is 0 Å². The summed E-state index contributed by atoms with van der Waals surface area (Å²) >= 11 is 6.13. The maximum Gasteiger partial charge on any atom is 0.197 e. The van der Waals surface area contributed by atoms with Crippen LogP contribution in [0.15, 0.2) is 71.5 Å². The summed E-state index contributed by atoms with van der Waals surface area (Å²) in [5.74, 6) is 0. The van der Waals surface area contributed by atoms with Crippen LogP contribution in [0.5, 0.6) is 0 Å². The van der Waals surface area contributed by atoms with Gasteiger partial charge in [-0.25, -0.2) is 0 Å². The topological polar surface area (TPSA) is 22.0 Å². The van der Waals surface area contributed by atoms with Gasteiger partial charge < -0.3 is 4.57 Å². The molecule has 0 unspecified atom stereocenters. The number of aromatic nitrogens is 1. The van der Waals surface area contributed by atoms with E-state index in [2.05, 4.69) is 22.8 Å². The van der Waals surface area contributed by atoms with Crippen molar-refractivity contribution in [1.82, 2.24) is 4.57 Å². The van der Waals surface area contributed by atoms with Crippen molar-refractivity contribution in [3.63, 3.8) is 0 Å². The summed E-state index contributed by atoms with van der Waals surface area (Å²) in [5, 5.41) is 1.97. The van der Waals surface area contributed by atoms with Gasteiger partial charge in [0.25, 0.3) is 0 Å². The highest BCUT2D eigenvalue weighted by atomic mass is 35.5. The van der Waals surface area contributed by atoms with Gasteiger partial charge in [-0.1, -0.05) is 48.0 Å². The van der Waals surface area contributed by atoms with Gasteiger partial charge in [-0.2, -0.15) is 0 Å². The molecule has 0 atom stereocenters. The predicted molar refractivity (Wildman–Crippen MR) is 101 cm³/mol. The predicted octanol–water partition coefficient (Wildman–Crippen LogP) is 5.16. The van der Waals surface area contributed by atoms with E-state index >= 15 is 0 Å². The Labute approximate surface area is 144 Å². The van der Waals surface area contributed by atoms with Gasteiger partial charge in [-0.05, 0) is 48.4 Å². The average molecular weight is 334 g/mol. The van der Waals surface area contributed by atoms with E-state index in [1.54, 1.807) is 6.07 Å². The van der Waals surface area contributed by atoms with Gasteiger partial charge in [0.2, 0.25) is 0 Å². The second-order valence-electron chi connectivity index (χ2n) is 6.08. The molecule has 3 heteroatoms. The first kappa shape index (κ1) is 15.0. The second kappa shape index (κ2) is 5.81. The first-order valence-electron chi connectivity index (χ1n) is 7.90. The summed E-state index contributed by atoms with van der Waals surface area (Å²) in [6.07, 6.45) is 0. The van der Waals surface area contributed by atoms with Crippen molar-refractivity contribution in [2.75, 3.05) is 0 Å². The fourth-order valence-electron chi connectivity index (χ4n) is 3.19. The zero-order chi connectivity index (χ0) is 16.7. The molecule has 0 saturated carbocycles. The van der Waals surface area contributed by atoms with Gasteiger partial charge in [0.05, 0.1) is 11.0 Å². The SMILES string of the molecule is Cc1ccc2c(=O)c3cc(Cl)ccc3n(Cc3ccccc3)c2c1. The fourth-order valence-corrected chi connectivity index (χ4v) is 3.37. The molecule has 0 aliphatic heterocycles. The molecule has 0 amide bonds. The van der Waals surface area contributed by atoms with E-state index in [-0.39, 0.29) is 5.43 Å². The highest BCUT2D eigenvalue weighted by Crippen LogP contribution is 2.24. The minimum absolute atomic E-state index is 0.0341. The Balaban J connectivity index is 2.12. The summed E-state index contributed by atoms with van der Waals surface area (Å²) < 4.78 is 2.20. The van der Waals surface area contributed by atoms with Crippen molar-refractivity contribution in [3.05, 3.63) is 93.1 Å². The Morgan fingerprint density at radius 3 is 2.46 bits per heavy atom. The van der Waals surface area contributed by atoms with Crippen molar-refractivity contribution in [2.24, 2.45) is 0 Å². The molecule has 3 aromatic carbocycles. The van der Waals surface area contributed by atoms with Crippen molar-refractivity contribution >= 4 is 33.4 Å². The van der Waals surface area contributed by atoms with Crippen LogP contribution in [0.3, 0.4) is 0 Å². The van der Waals surface area contributed by atoms with E-state index < -0.39 is 0 Å². The van der Waals surface area contributed by atoms with Crippen molar-refractivity contribution in [2.45, 2.75) is 13.5 Å². The van der Waals surface area contributed by atoms with E-state index in [0.717, 1.165) is 22.0 Å². The van der Waals surface area contributed by atoms with Crippen LogP contribution in [-0.2, 0) is 6.54 Å². The molecule has 0 radical (unpaired) electrons. The Hall–Kier alpha value is -2.58. The summed E-state index contributed by atoms with van der Waals surface area (Å²) in [5.41, 5.74) is 4.23. The molecule has 0 fully saturated rings. The lowest BCUT2D eigenvalue weighted by molar-refractivity contribution is 0.862. The van der Waals surface area contributed by atoms with Crippen molar-refractivity contribution in [3.8, 4) is 0 Å². The first-order valence-corrected chi connectivity index (χ1v) is 8.27. The van der Waals surface area contributed by atoms with Gasteiger partial charge >= 0.3 is 0 Å². The maximum absolute atomic E-state index is 12.9. The van der Waals surface area contributed by atoms with Crippen LogP contribution in [0.25, 0.3) is 21.8 Å². The average Bonchev–Trinajstić information content (AvgIpc) is 2.59. The van der Waals surface area contributed by atoms with E-state index in [1.165, 1.54) is 5.56 Å². The number of hydrogen-bond donors (Lipinski definition) is 0. The third kappa shape index (κ3) is 2.49. The standard InChI is InChI=1S/C21H16ClNO/c1-14-7-9-17-20(11-14)23(13-15-5-3-2-4-6-15)19-10-8-16(22)12-18(19)21(17)24/h2-12H,13H2,1H3. The number of hydrogen-bond acceptors (Lipinski definition) is 1. The van der Waals surface area contributed by atoms with Gasteiger partial charge in [0.1, 0.15) is 0 Å². The highest BCUT2D eigenvalue weighted by molar-refractivity contribution is 6.31. The maximum atomic E-state index is 12.9. The van der Waals surface area contributed by atoms with Gasteiger partial charge in [0.15, 0.2) is 5.43 Å². The summed E-state index contributed by atoms with van der Waals surface area (Å²) in [6.45, 7) is 2.75. The van der Waals surface area contributed by atoms with E-state index in [0.29, 0.717) is 17.0 Å². The molecule has 0 aliphatic rings. The molecule has 24 heavy (non-hydrogen) atoms. The van der Waals surface area contributed by atoms with Gasteiger partial charge in [0, 0.05) is 22.3 Å². The summed E-state index contributed by atoms with van der Waals surface area (Å²) in [4.78, 5) is 12.9. The molecule has 4 aromatic rings. The number of benzene rings is 3. The number of aryl methyl sites for hydroxylation is 1. The number of nitrogens with zero attached hydrogens (tertiary/aromatic N) is 1. The molecule has 0 spiro atoms. The summed E-state index contributed by atoms with van der Waals surface area (Å²) in [7, 11) is 0. The highest BCUT2D eigenvalue weighted by Gasteiger charge is 2.12. The third-order valence-electron chi connectivity index (χ3n) is 4.37. The Morgan fingerprint density at radius 1 is 0.875 bits per heavy atom. The molecule has 0 aliphatic carbocycles. The van der Waals surface area contributed by atoms with Crippen LogP contribution in [0.2, 0.25) is 5.02 Å². The number of rotatable bonds is 2. The van der Waals surface area contributed by atoms with Crippen LogP contribution in [0.1, 0.15) is 11.1 Å². The Morgan fingerprint density at radius 2 is 1.67 bits per heavy atom. The molecule has 118 valence electrons. The molecular formula is C21H16ClNO. The molecule has 1 heterocycles. The quantitative estimate of drug-likeness (QED) is 0.464. The number of pyridine rings is 1. The molecule has 0 saturated heterocycles.